The molecule has 1 amide bonds. The number of carbonyl (C=O) groups is 1. The Morgan fingerprint density at radius 2 is 2.04 bits per heavy atom. The quantitative estimate of drug-likeness (QED) is 0.682. The van der Waals surface area contributed by atoms with Gasteiger partial charge in [-0.3, -0.25) is 0 Å². The van der Waals surface area contributed by atoms with Crippen LogP contribution in [0.25, 0.3) is 0 Å². The minimum atomic E-state index is -0.700. The molecule has 0 spiro atoms. The molecule has 0 saturated heterocycles. The number of ether oxygens (including phenoxy) is 2. The molecule has 1 aromatic rings. The van der Waals surface area contributed by atoms with Crippen LogP contribution >= 0.6 is 0 Å². The Morgan fingerprint density at radius 1 is 1.38 bits per heavy atom. The van der Waals surface area contributed by atoms with Gasteiger partial charge in [0.15, 0.2) is 0 Å². The largest absolute Gasteiger partial charge is 0.445 e. The predicted molar refractivity (Wildman–Crippen MR) is 94.6 cm³/mol. The first-order valence-electron chi connectivity index (χ1n) is 7.93. The summed E-state index contributed by atoms with van der Waals surface area (Å²) in [5, 5.41) is 12.8. The lowest BCUT2D eigenvalue weighted by atomic mass is 9.97. The number of hydrogen-bond acceptors (Lipinski definition) is 4. The second-order valence-corrected chi connectivity index (χ2v) is 5.71. The molecule has 0 saturated carbocycles. The lowest BCUT2D eigenvalue weighted by Crippen LogP contribution is -2.31. The summed E-state index contributed by atoms with van der Waals surface area (Å²) in [6.45, 7) is 7.95. The summed E-state index contributed by atoms with van der Waals surface area (Å²) < 4.78 is 10.3. The van der Waals surface area contributed by atoms with E-state index in [4.69, 9.17) is 9.47 Å². The number of amides is 1. The van der Waals surface area contributed by atoms with E-state index in [0.29, 0.717) is 6.54 Å². The minimum absolute atomic E-state index is 0.149. The van der Waals surface area contributed by atoms with Gasteiger partial charge in [-0.15, -0.1) is 6.58 Å². The number of carbonyl (C=O) groups excluding carboxylic acids is 1. The second-order valence-electron chi connectivity index (χ2n) is 5.71. The van der Waals surface area contributed by atoms with Crippen molar-refractivity contribution in [1.29, 1.82) is 0 Å². The van der Waals surface area contributed by atoms with Gasteiger partial charge in [0.05, 0.1) is 6.10 Å². The fourth-order valence-corrected chi connectivity index (χ4v) is 2.27. The summed E-state index contributed by atoms with van der Waals surface area (Å²) in [7, 11) is 1.53. The summed E-state index contributed by atoms with van der Waals surface area (Å²) in [6, 6.07) is 9.61. The van der Waals surface area contributed by atoms with E-state index in [1.807, 2.05) is 50.3 Å². The first kappa shape index (κ1) is 19.9. The molecule has 5 heteroatoms. The normalized spacial score (nSPS) is 15.2. The minimum Gasteiger partial charge on any atom is -0.445 e. The van der Waals surface area contributed by atoms with Gasteiger partial charge in [0.1, 0.15) is 12.7 Å². The van der Waals surface area contributed by atoms with Crippen LogP contribution in [0.15, 0.2) is 54.6 Å². The molecule has 0 aliphatic rings. The predicted octanol–water partition coefficient (Wildman–Crippen LogP) is 3.06. The average Bonchev–Trinajstić information content (AvgIpc) is 2.60. The Hall–Kier alpha value is -2.11. The van der Waals surface area contributed by atoms with Crippen molar-refractivity contribution >= 4 is 6.09 Å². The summed E-state index contributed by atoms with van der Waals surface area (Å²) in [4.78, 5) is 11.7. The molecule has 0 aliphatic carbocycles. The number of methoxy groups -OCH3 is 1. The highest BCUT2D eigenvalue weighted by atomic mass is 16.5. The zero-order valence-electron chi connectivity index (χ0n) is 14.6. The molecule has 0 radical (unpaired) electrons. The van der Waals surface area contributed by atoms with Crippen LogP contribution in [0.4, 0.5) is 4.79 Å². The number of alkyl carbamates (subject to hydrolysis) is 1. The zero-order valence-corrected chi connectivity index (χ0v) is 14.6. The molecule has 3 unspecified atom stereocenters. The number of hydrogen-bond donors (Lipinski definition) is 2. The van der Waals surface area contributed by atoms with E-state index < -0.39 is 18.3 Å². The lowest BCUT2D eigenvalue weighted by Gasteiger charge is -2.22. The SMILES string of the molecule is C=CC(OC)C(O)C(C)C=C(C)COC(=O)NCc1ccccc1. The van der Waals surface area contributed by atoms with Crippen molar-refractivity contribution in [2.45, 2.75) is 32.6 Å². The summed E-state index contributed by atoms with van der Waals surface area (Å²) in [5.41, 5.74) is 1.86. The molecule has 0 bridgehead atoms. The Kier molecular flexibility index (Phi) is 8.83. The Morgan fingerprint density at radius 3 is 2.62 bits per heavy atom. The molecule has 132 valence electrons. The van der Waals surface area contributed by atoms with Crippen molar-refractivity contribution in [3.05, 3.63) is 60.2 Å². The molecule has 1 aromatic carbocycles. The van der Waals surface area contributed by atoms with Gasteiger partial charge in [0.25, 0.3) is 0 Å². The third kappa shape index (κ3) is 6.98. The number of aliphatic hydroxyl groups is 1. The monoisotopic (exact) mass is 333 g/mol. The Bertz CT molecular complexity index is 542. The summed E-state index contributed by atoms with van der Waals surface area (Å²) in [6.07, 6.45) is 1.83. The van der Waals surface area contributed by atoms with E-state index in [0.717, 1.165) is 11.1 Å². The van der Waals surface area contributed by atoms with Gasteiger partial charge < -0.3 is 19.9 Å². The van der Waals surface area contributed by atoms with Crippen LogP contribution < -0.4 is 5.32 Å². The fraction of sp³-hybridized carbons (Fsp3) is 0.421. The van der Waals surface area contributed by atoms with Crippen LogP contribution in [-0.4, -0.2) is 37.1 Å². The van der Waals surface area contributed by atoms with Gasteiger partial charge in [0.2, 0.25) is 0 Å². The van der Waals surface area contributed by atoms with Gasteiger partial charge in [0, 0.05) is 19.6 Å². The van der Waals surface area contributed by atoms with E-state index >= 15 is 0 Å². The highest BCUT2D eigenvalue weighted by Crippen LogP contribution is 2.14. The van der Waals surface area contributed by atoms with Crippen molar-refractivity contribution in [1.82, 2.24) is 5.32 Å². The standard InChI is InChI=1S/C19H27NO4/c1-5-17(23-4)18(21)15(3)11-14(2)13-24-19(22)20-12-16-9-7-6-8-10-16/h5-11,15,17-18,21H,1,12-13H2,2-4H3,(H,20,22). The molecule has 1 rings (SSSR count). The number of rotatable bonds is 9. The maximum absolute atomic E-state index is 11.7. The topological polar surface area (TPSA) is 67.8 Å². The van der Waals surface area contributed by atoms with E-state index in [9.17, 15) is 9.90 Å². The maximum Gasteiger partial charge on any atom is 0.407 e. The average molecular weight is 333 g/mol. The number of nitrogens with one attached hydrogen (secondary N) is 1. The van der Waals surface area contributed by atoms with E-state index in [-0.39, 0.29) is 12.5 Å². The smallest absolute Gasteiger partial charge is 0.407 e. The number of aliphatic hydroxyl groups excluding tert-OH is 1. The molecule has 5 nitrogen and oxygen atoms in total. The second kappa shape index (κ2) is 10.6. The molecule has 3 atom stereocenters. The van der Waals surface area contributed by atoms with Gasteiger partial charge in [-0.05, 0) is 18.1 Å². The van der Waals surface area contributed by atoms with Gasteiger partial charge in [-0.2, -0.15) is 0 Å². The maximum atomic E-state index is 11.7. The third-order valence-corrected chi connectivity index (χ3v) is 3.64. The highest BCUT2D eigenvalue weighted by Gasteiger charge is 2.20. The molecule has 0 aromatic heterocycles. The first-order chi connectivity index (χ1) is 11.5. The van der Waals surface area contributed by atoms with Crippen molar-refractivity contribution < 1.29 is 19.4 Å². The van der Waals surface area contributed by atoms with Crippen LogP contribution in [0, 0.1) is 5.92 Å². The van der Waals surface area contributed by atoms with Gasteiger partial charge in [-0.25, -0.2) is 4.79 Å². The Labute approximate surface area is 144 Å². The molecular formula is C19H27NO4. The molecule has 0 heterocycles. The summed E-state index contributed by atoms with van der Waals surface area (Å²) in [5.74, 6) is -0.149. The first-order valence-corrected chi connectivity index (χ1v) is 7.93. The van der Waals surface area contributed by atoms with Crippen molar-refractivity contribution in [3.63, 3.8) is 0 Å². The van der Waals surface area contributed by atoms with Crippen LogP contribution in [0.3, 0.4) is 0 Å². The van der Waals surface area contributed by atoms with Crippen molar-refractivity contribution in [2.75, 3.05) is 13.7 Å². The van der Waals surface area contributed by atoms with E-state index in [1.54, 1.807) is 6.08 Å². The van der Waals surface area contributed by atoms with Crippen LogP contribution in [0.5, 0.6) is 0 Å². The molecule has 0 fully saturated rings. The fourth-order valence-electron chi connectivity index (χ4n) is 2.27. The van der Waals surface area contributed by atoms with Crippen LogP contribution in [-0.2, 0) is 16.0 Å². The van der Waals surface area contributed by atoms with Crippen molar-refractivity contribution in [2.24, 2.45) is 5.92 Å². The zero-order chi connectivity index (χ0) is 17.9. The van der Waals surface area contributed by atoms with Crippen LogP contribution in [0.1, 0.15) is 19.4 Å². The Balaban J connectivity index is 2.39. The van der Waals surface area contributed by atoms with Crippen LogP contribution in [0.2, 0.25) is 0 Å². The van der Waals surface area contributed by atoms with Gasteiger partial charge in [-0.1, -0.05) is 49.4 Å². The molecule has 2 N–H and O–H groups in total. The van der Waals surface area contributed by atoms with E-state index in [2.05, 4.69) is 11.9 Å². The lowest BCUT2D eigenvalue weighted by molar-refractivity contribution is -0.00162. The molecule has 24 heavy (non-hydrogen) atoms. The summed E-state index contributed by atoms with van der Waals surface area (Å²) >= 11 is 0. The number of benzene rings is 1. The van der Waals surface area contributed by atoms with Crippen molar-refractivity contribution in [3.8, 4) is 0 Å². The third-order valence-electron chi connectivity index (χ3n) is 3.64. The molecular weight excluding hydrogens is 306 g/mol. The van der Waals surface area contributed by atoms with E-state index in [1.165, 1.54) is 7.11 Å². The molecule has 0 aliphatic heterocycles. The highest BCUT2D eigenvalue weighted by molar-refractivity contribution is 5.67. The van der Waals surface area contributed by atoms with Gasteiger partial charge >= 0.3 is 6.09 Å².